The van der Waals surface area contributed by atoms with Crippen LogP contribution in [0.4, 0.5) is 4.39 Å². The maximum Gasteiger partial charge on any atom is 0.159 e. The molecule has 0 radical (unpaired) electrons. The summed E-state index contributed by atoms with van der Waals surface area (Å²) in [4.78, 5) is 4.02. The Labute approximate surface area is 86.4 Å². The smallest absolute Gasteiger partial charge is 0.159 e. The minimum atomic E-state index is -0.337. The van der Waals surface area contributed by atoms with E-state index < -0.39 is 0 Å². The second kappa shape index (κ2) is 3.54. The Morgan fingerprint density at radius 3 is 2.73 bits per heavy atom. The molecule has 0 spiro atoms. The van der Waals surface area contributed by atoms with Crippen LogP contribution in [-0.2, 0) is 7.05 Å². The van der Waals surface area contributed by atoms with Crippen LogP contribution in [0, 0.1) is 17.1 Å². The SMILES string of the molecule is Cn1cc(C#N)nc1-c1ccccc1F. The summed E-state index contributed by atoms with van der Waals surface area (Å²) in [5, 5.41) is 8.67. The Kier molecular flexibility index (Phi) is 2.22. The molecule has 0 unspecified atom stereocenters. The van der Waals surface area contributed by atoms with Crippen molar-refractivity contribution in [3.05, 3.63) is 42.0 Å². The number of rotatable bonds is 1. The number of nitriles is 1. The molecule has 74 valence electrons. The van der Waals surface area contributed by atoms with Crippen LogP contribution in [0.1, 0.15) is 5.69 Å². The van der Waals surface area contributed by atoms with Crippen molar-refractivity contribution in [1.29, 1.82) is 5.26 Å². The highest BCUT2D eigenvalue weighted by molar-refractivity contribution is 5.57. The number of imidazole rings is 1. The highest BCUT2D eigenvalue weighted by Gasteiger charge is 2.10. The largest absolute Gasteiger partial charge is 0.333 e. The molecule has 0 atom stereocenters. The molecular weight excluding hydrogens is 193 g/mol. The molecule has 1 aromatic carbocycles. The number of halogens is 1. The minimum Gasteiger partial charge on any atom is -0.333 e. The zero-order chi connectivity index (χ0) is 10.8. The van der Waals surface area contributed by atoms with Gasteiger partial charge in [0.2, 0.25) is 0 Å². The van der Waals surface area contributed by atoms with Crippen LogP contribution in [0.5, 0.6) is 0 Å². The summed E-state index contributed by atoms with van der Waals surface area (Å²) in [5.41, 5.74) is 0.692. The molecule has 1 heterocycles. The maximum absolute atomic E-state index is 13.4. The molecule has 3 nitrogen and oxygen atoms in total. The van der Waals surface area contributed by atoms with Gasteiger partial charge in [-0.1, -0.05) is 12.1 Å². The molecule has 1 aromatic heterocycles. The van der Waals surface area contributed by atoms with Crippen molar-refractivity contribution in [2.24, 2.45) is 7.05 Å². The molecule has 4 heteroatoms. The summed E-state index contributed by atoms with van der Waals surface area (Å²) in [5.74, 6) is 0.125. The predicted molar refractivity (Wildman–Crippen MR) is 53.3 cm³/mol. The molecule has 15 heavy (non-hydrogen) atoms. The molecule has 0 aliphatic carbocycles. The van der Waals surface area contributed by atoms with Gasteiger partial charge >= 0.3 is 0 Å². The molecule has 2 aromatic rings. The Morgan fingerprint density at radius 1 is 1.40 bits per heavy atom. The van der Waals surface area contributed by atoms with E-state index in [0.717, 1.165) is 0 Å². The zero-order valence-corrected chi connectivity index (χ0v) is 8.11. The number of benzene rings is 1. The summed E-state index contributed by atoms with van der Waals surface area (Å²) >= 11 is 0. The lowest BCUT2D eigenvalue weighted by molar-refractivity contribution is 0.629. The summed E-state index contributed by atoms with van der Waals surface area (Å²) in [6, 6.07) is 8.29. The molecule has 0 fully saturated rings. The first-order valence-electron chi connectivity index (χ1n) is 4.40. The average Bonchev–Trinajstić information content (AvgIpc) is 2.60. The van der Waals surface area contributed by atoms with Crippen LogP contribution >= 0.6 is 0 Å². The molecule has 0 N–H and O–H groups in total. The highest BCUT2D eigenvalue weighted by atomic mass is 19.1. The lowest BCUT2D eigenvalue weighted by Gasteiger charge is -2.01. The van der Waals surface area contributed by atoms with E-state index in [0.29, 0.717) is 11.4 Å². The second-order valence-corrected chi connectivity index (χ2v) is 3.15. The van der Waals surface area contributed by atoms with Crippen molar-refractivity contribution < 1.29 is 4.39 Å². The lowest BCUT2D eigenvalue weighted by Crippen LogP contribution is -1.93. The summed E-state index contributed by atoms with van der Waals surface area (Å²) in [6.07, 6.45) is 1.57. The van der Waals surface area contributed by atoms with Crippen LogP contribution in [0.3, 0.4) is 0 Å². The van der Waals surface area contributed by atoms with Crippen molar-refractivity contribution in [1.82, 2.24) is 9.55 Å². The average molecular weight is 201 g/mol. The van der Waals surface area contributed by atoms with Gasteiger partial charge in [-0.2, -0.15) is 5.26 Å². The van der Waals surface area contributed by atoms with Crippen molar-refractivity contribution in [3.63, 3.8) is 0 Å². The van der Waals surface area contributed by atoms with Gasteiger partial charge < -0.3 is 4.57 Å². The van der Waals surface area contributed by atoms with E-state index in [9.17, 15) is 4.39 Å². The Hall–Kier alpha value is -2.15. The van der Waals surface area contributed by atoms with E-state index >= 15 is 0 Å². The van der Waals surface area contributed by atoms with Crippen LogP contribution in [0.25, 0.3) is 11.4 Å². The van der Waals surface area contributed by atoms with Gasteiger partial charge in [-0.05, 0) is 12.1 Å². The molecule has 2 rings (SSSR count). The van der Waals surface area contributed by atoms with Crippen LogP contribution in [0.15, 0.2) is 30.5 Å². The van der Waals surface area contributed by atoms with E-state index in [1.54, 1.807) is 36.0 Å². The number of nitrogens with zero attached hydrogens (tertiary/aromatic N) is 3. The summed E-state index contributed by atoms with van der Waals surface area (Å²) in [6.45, 7) is 0. The second-order valence-electron chi connectivity index (χ2n) is 3.15. The van der Waals surface area contributed by atoms with E-state index in [2.05, 4.69) is 4.98 Å². The van der Waals surface area contributed by atoms with Gasteiger partial charge in [0.1, 0.15) is 17.7 Å². The third kappa shape index (κ3) is 1.59. The van der Waals surface area contributed by atoms with Crippen molar-refractivity contribution >= 4 is 0 Å². The van der Waals surface area contributed by atoms with Crippen molar-refractivity contribution in [2.45, 2.75) is 0 Å². The van der Waals surface area contributed by atoms with Gasteiger partial charge in [0.15, 0.2) is 5.69 Å². The standard InChI is InChI=1S/C11H8FN3/c1-15-7-8(6-13)14-11(15)9-4-2-3-5-10(9)12/h2-5,7H,1H3. The van der Waals surface area contributed by atoms with E-state index in [1.807, 2.05) is 6.07 Å². The normalized spacial score (nSPS) is 9.93. The zero-order valence-electron chi connectivity index (χ0n) is 8.11. The first-order valence-corrected chi connectivity index (χ1v) is 4.40. The number of aromatic nitrogens is 2. The Morgan fingerprint density at radius 2 is 2.13 bits per heavy atom. The molecular formula is C11H8FN3. The molecule has 0 aliphatic heterocycles. The van der Waals surface area contributed by atoms with Gasteiger partial charge in [0.05, 0.1) is 5.56 Å². The molecule has 0 saturated heterocycles. The van der Waals surface area contributed by atoms with Gasteiger partial charge in [-0.3, -0.25) is 0 Å². The fourth-order valence-electron chi connectivity index (χ4n) is 1.41. The topological polar surface area (TPSA) is 41.6 Å². The number of hydrogen-bond acceptors (Lipinski definition) is 2. The molecule has 0 aliphatic rings. The lowest BCUT2D eigenvalue weighted by atomic mass is 10.2. The fourth-order valence-corrected chi connectivity index (χ4v) is 1.41. The number of hydrogen-bond donors (Lipinski definition) is 0. The van der Waals surface area contributed by atoms with Gasteiger partial charge in [-0.25, -0.2) is 9.37 Å². The quantitative estimate of drug-likeness (QED) is 0.709. The molecule has 0 bridgehead atoms. The van der Waals surface area contributed by atoms with E-state index in [-0.39, 0.29) is 11.5 Å². The monoisotopic (exact) mass is 201 g/mol. The third-order valence-electron chi connectivity index (χ3n) is 2.11. The maximum atomic E-state index is 13.4. The van der Waals surface area contributed by atoms with Crippen LogP contribution in [0.2, 0.25) is 0 Å². The van der Waals surface area contributed by atoms with Gasteiger partial charge in [-0.15, -0.1) is 0 Å². The molecule has 0 amide bonds. The summed E-state index contributed by atoms with van der Waals surface area (Å²) in [7, 11) is 1.73. The predicted octanol–water partition coefficient (Wildman–Crippen LogP) is 2.10. The summed E-state index contributed by atoms with van der Waals surface area (Å²) < 4.78 is 15.1. The minimum absolute atomic E-state index is 0.288. The van der Waals surface area contributed by atoms with Crippen molar-refractivity contribution in [2.75, 3.05) is 0 Å². The molecule has 0 saturated carbocycles. The highest BCUT2D eigenvalue weighted by Crippen LogP contribution is 2.20. The third-order valence-corrected chi connectivity index (χ3v) is 2.11. The van der Waals surface area contributed by atoms with Gasteiger partial charge in [0.25, 0.3) is 0 Å². The van der Waals surface area contributed by atoms with Gasteiger partial charge in [0, 0.05) is 13.2 Å². The first kappa shape index (κ1) is 9.41. The van der Waals surface area contributed by atoms with E-state index in [1.165, 1.54) is 6.07 Å². The first-order chi connectivity index (χ1) is 7.22. The Balaban J connectivity index is 2.60. The Bertz CT molecular complexity index is 537. The van der Waals surface area contributed by atoms with Crippen molar-refractivity contribution in [3.8, 4) is 17.5 Å². The fraction of sp³-hybridized carbons (Fsp3) is 0.0909. The van der Waals surface area contributed by atoms with E-state index in [4.69, 9.17) is 5.26 Å². The van der Waals surface area contributed by atoms with Crippen LogP contribution < -0.4 is 0 Å². The van der Waals surface area contributed by atoms with Crippen LogP contribution in [-0.4, -0.2) is 9.55 Å². The number of aryl methyl sites for hydroxylation is 1.